The summed E-state index contributed by atoms with van der Waals surface area (Å²) >= 11 is 0. The number of alkyl halides is 3. The molecule has 2 aromatic rings. The second-order valence-electron chi connectivity index (χ2n) is 3.65. The first kappa shape index (κ1) is 12.5. The van der Waals surface area contributed by atoms with Gasteiger partial charge in [0.2, 0.25) is 0 Å². The van der Waals surface area contributed by atoms with Gasteiger partial charge in [0.05, 0.1) is 18.2 Å². The highest BCUT2D eigenvalue weighted by atomic mass is 19.4. The molecule has 0 saturated carbocycles. The van der Waals surface area contributed by atoms with Crippen molar-refractivity contribution in [2.45, 2.75) is 12.9 Å². The lowest BCUT2D eigenvalue weighted by atomic mass is 10.1. The molecule has 0 N–H and O–H groups in total. The Bertz CT molecular complexity index is 595. The molecule has 0 fully saturated rings. The molecule has 1 aromatic carbocycles. The number of hydrogen-bond donors (Lipinski definition) is 0. The van der Waals surface area contributed by atoms with Crippen LogP contribution < -0.4 is 0 Å². The Balaban J connectivity index is 2.18. The fraction of sp³-hybridized carbons (Fsp3) is 0.250. The zero-order valence-electron chi connectivity index (χ0n) is 9.24. The Kier molecular flexibility index (Phi) is 3.26. The molecule has 6 heteroatoms. The van der Waals surface area contributed by atoms with Crippen LogP contribution in [0.3, 0.4) is 0 Å². The Morgan fingerprint density at radius 1 is 1.28 bits per heavy atom. The number of fused-ring (bicyclic) bond motifs is 1. The van der Waals surface area contributed by atoms with Crippen molar-refractivity contribution in [1.82, 2.24) is 4.57 Å². The van der Waals surface area contributed by atoms with Crippen LogP contribution in [0.25, 0.3) is 10.9 Å². The molecular formula is C12H9F3N2O. The normalized spacial score (nSPS) is 11.7. The van der Waals surface area contributed by atoms with Gasteiger partial charge in [-0.2, -0.15) is 5.26 Å². The lowest BCUT2D eigenvalue weighted by molar-refractivity contribution is -0.325. The van der Waals surface area contributed by atoms with E-state index in [1.807, 2.05) is 6.07 Å². The smallest absolute Gasteiger partial charge is 0.345 e. The third kappa shape index (κ3) is 2.63. The van der Waals surface area contributed by atoms with E-state index in [9.17, 15) is 13.2 Å². The van der Waals surface area contributed by atoms with E-state index in [1.54, 1.807) is 35.0 Å². The summed E-state index contributed by atoms with van der Waals surface area (Å²) in [5, 5.41) is 9.62. The van der Waals surface area contributed by atoms with Gasteiger partial charge in [0.1, 0.15) is 0 Å². The van der Waals surface area contributed by atoms with E-state index in [2.05, 4.69) is 4.74 Å². The van der Waals surface area contributed by atoms with Crippen LogP contribution in [0, 0.1) is 11.3 Å². The van der Waals surface area contributed by atoms with E-state index in [0.717, 1.165) is 10.9 Å². The van der Waals surface area contributed by atoms with Crippen molar-refractivity contribution >= 4 is 10.9 Å². The first-order valence-corrected chi connectivity index (χ1v) is 5.20. The summed E-state index contributed by atoms with van der Waals surface area (Å²) < 4.78 is 40.9. The lowest BCUT2D eigenvalue weighted by Gasteiger charge is -2.09. The molecule has 0 aliphatic heterocycles. The SMILES string of the molecule is N#Cc1cccc2c1ccn2CCOC(F)(F)F. The molecule has 2 rings (SSSR count). The van der Waals surface area contributed by atoms with Crippen LogP contribution >= 0.6 is 0 Å². The number of halogens is 3. The zero-order valence-corrected chi connectivity index (χ0v) is 9.24. The van der Waals surface area contributed by atoms with Gasteiger partial charge < -0.3 is 4.57 Å². The van der Waals surface area contributed by atoms with Crippen molar-refractivity contribution in [2.75, 3.05) is 6.61 Å². The van der Waals surface area contributed by atoms with Gasteiger partial charge in [-0.25, -0.2) is 0 Å². The average molecular weight is 254 g/mol. The fourth-order valence-corrected chi connectivity index (χ4v) is 1.78. The number of rotatable bonds is 3. The monoisotopic (exact) mass is 254 g/mol. The van der Waals surface area contributed by atoms with E-state index in [1.165, 1.54) is 0 Å². The topological polar surface area (TPSA) is 38.0 Å². The van der Waals surface area contributed by atoms with Crippen molar-refractivity contribution in [3.05, 3.63) is 36.0 Å². The Morgan fingerprint density at radius 2 is 2.06 bits per heavy atom. The predicted molar refractivity (Wildman–Crippen MR) is 58.7 cm³/mol. The first-order chi connectivity index (χ1) is 8.51. The summed E-state index contributed by atoms with van der Waals surface area (Å²) in [4.78, 5) is 0. The molecule has 3 nitrogen and oxygen atoms in total. The van der Waals surface area contributed by atoms with Gasteiger partial charge in [-0.1, -0.05) is 6.07 Å². The highest BCUT2D eigenvalue weighted by Gasteiger charge is 2.28. The largest absolute Gasteiger partial charge is 0.522 e. The van der Waals surface area contributed by atoms with Crippen molar-refractivity contribution < 1.29 is 17.9 Å². The highest BCUT2D eigenvalue weighted by molar-refractivity contribution is 5.85. The van der Waals surface area contributed by atoms with E-state index >= 15 is 0 Å². The fourth-order valence-electron chi connectivity index (χ4n) is 1.78. The van der Waals surface area contributed by atoms with Crippen molar-refractivity contribution in [3.63, 3.8) is 0 Å². The molecule has 18 heavy (non-hydrogen) atoms. The Labute approximate surface area is 101 Å². The molecule has 0 aliphatic rings. The van der Waals surface area contributed by atoms with E-state index in [4.69, 9.17) is 5.26 Å². The summed E-state index contributed by atoms with van der Waals surface area (Å²) in [7, 11) is 0. The van der Waals surface area contributed by atoms with Crippen molar-refractivity contribution in [1.29, 1.82) is 5.26 Å². The molecule has 1 aromatic heterocycles. The quantitative estimate of drug-likeness (QED) is 0.844. The average Bonchev–Trinajstić information content (AvgIpc) is 2.71. The van der Waals surface area contributed by atoms with Gasteiger partial charge in [0, 0.05) is 23.6 Å². The van der Waals surface area contributed by atoms with Gasteiger partial charge in [-0.3, -0.25) is 4.74 Å². The number of hydrogen-bond acceptors (Lipinski definition) is 2. The first-order valence-electron chi connectivity index (χ1n) is 5.20. The third-order valence-corrected chi connectivity index (χ3v) is 2.53. The van der Waals surface area contributed by atoms with Crippen LogP contribution in [0.1, 0.15) is 5.56 Å². The second-order valence-corrected chi connectivity index (χ2v) is 3.65. The maximum absolute atomic E-state index is 11.8. The van der Waals surface area contributed by atoms with Crippen LogP contribution in [-0.2, 0) is 11.3 Å². The van der Waals surface area contributed by atoms with Crippen LogP contribution in [0.15, 0.2) is 30.5 Å². The van der Waals surface area contributed by atoms with Gasteiger partial charge in [-0.05, 0) is 18.2 Å². The predicted octanol–water partition coefficient (Wildman–Crippen LogP) is 3.05. The molecule has 0 amide bonds. The standard InChI is InChI=1S/C12H9F3N2O/c13-12(14,15)18-7-6-17-5-4-10-9(8-16)2-1-3-11(10)17/h1-5H,6-7H2. The molecule has 0 atom stereocenters. The Morgan fingerprint density at radius 3 is 2.72 bits per heavy atom. The highest BCUT2D eigenvalue weighted by Crippen LogP contribution is 2.20. The molecule has 94 valence electrons. The van der Waals surface area contributed by atoms with Crippen LogP contribution in [0.4, 0.5) is 13.2 Å². The van der Waals surface area contributed by atoms with E-state index in [-0.39, 0.29) is 6.54 Å². The van der Waals surface area contributed by atoms with E-state index in [0.29, 0.717) is 5.56 Å². The molecule has 0 spiro atoms. The van der Waals surface area contributed by atoms with Gasteiger partial charge >= 0.3 is 6.36 Å². The molecule has 0 radical (unpaired) electrons. The molecule has 0 unspecified atom stereocenters. The van der Waals surface area contributed by atoms with Crippen LogP contribution in [-0.4, -0.2) is 17.5 Å². The summed E-state index contributed by atoms with van der Waals surface area (Å²) in [6.07, 6.45) is -2.97. The minimum atomic E-state index is -4.61. The van der Waals surface area contributed by atoms with Gasteiger partial charge in [-0.15, -0.1) is 13.2 Å². The van der Waals surface area contributed by atoms with Crippen LogP contribution in [0.5, 0.6) is 0 Å². The molecule has 0 bridgehead atoms. The van der Waals surface area contributed by atoms with Gasteiger partial charge in [0.15, 0.2) is 0 Å². The number of nitriles is 1. The second kappa shape index (κ2) is 4.70. The zero-order chi connectivity index (χ0) is 13.2. The number of benzene rings is 1. The summed E-state index contributed by atoms with van der Waals surface area (Å²) in [6, 6.07) is 8.86. The van der Waals surface area contributed by atoms with E-state index < -0.39 is 13.0 Å². The Hall–Kier alpha value is -2.00. The molecular weight excluding hydrogens is 245 g/mol. The summed E-state index contributed by atoms with van der Waals surface area (Å²) in [5.74, 6) is 0. The lowest BCUT2D eigenvalue weighted by Crippen LogP contribution is -2.17. The minimum absolute atomic E-state index is 0.0812. The van der Waals surface area contributed by atoms with Gasteiger partial charge in [0.25, 0.3) is 0 Å². The summed E-state index contributed by atoms with van der Waals surface area (Å²) in [5.41, 5.74) is 1.22. The molecule has 0 saturated heterocycles. The number of nitrogens with zero attached hydrogens (tertiary/aromatic N) is 2. The summed E-state index contributed by atoms with van der Waals surface area (Å²) in [6.45, 7) is -0.373. The number of aromatic nitrogens is 1. The van der Waals surface area contributed by atoms with Crippen molar-refractivity contribution in [2.24, 2.45) is 0 Å². The van der Waals surface area contributed by atoms with Crippen LogP contribution in [0.2, 0.25) is 0 Å². The molecule has 1 heterocycles. The minimum Gasteiger partial charge on any atom is -0.345 e. The van der Waals surface area contributed by atoms with Crippen molar-refractivity contribution in [3.8, 4) is 6.07 Å². The maximum atomic E-state index is 11.8. The molecule has 0 aliphatic carbocycles. The maximum Gasteiger partial charge on any atom is 0.522 e. The number of ether oxygens (including phenoxy) is 1. The third-order valence-electron chi connectivity index (χ3n) is 2.53.